The highest BCUT2D eigenvalue weighted by molar-refractivity contribution is 5.88. The van der Waals surface area contributed by atoms with Gasteiger partial charge in [-0.3, -0.25) is 0 Å². The van der Waals surface area contributed by atoms with E-state index in [2.05, 4.69) is 0 Å². The Balaban J connectivity index is 1.72. The molecule has 6 heteroatoms. The van der Waals surface area contributed by atoms with E-state index in [1.165, 1.54) is 0 Å². The summed E-state index contributed by atoms with van der Waals surface area (Å²) in [5, 5.41) is 22.4. The Kier molecular flexibility index (Phi) is 4.33. The minimum atomic E-state index is -1.32. The summed E-state index contributed by atoms with van der Waals surface area (Å²) in [5.74, 6) is 0.0775. The van der Waals surface area contributed by atoms with Crippen LogP contribution in [-0.4, -0.2) is 23.1 Å². The maximum atomic E-state index is 12.9. The summed E-state index contributed by atoms with van der Waals surface area (Å²) in [6, 6.07) is 11.1. The van der Waals surface area contributed by atoms with Gasteiger partial charge in [-0.25, -0.2) is 4.79 Å². The van der Waals surface area contributed by atoms with Crippen molar-refractivity contribution < 1.29 is 24.1 Å². The second kappa shape index (κ2) is 6.92. The number of para-hydroxylation sites is 2. The van der Waals surface area contributed by atoms with Gasteiger partial charge >= 0.3 is 5.63 Å². The highest BCUT2D eigenvalue weighted by atomic mass is 16.6. The van der Waals surface area contributed by atoms with Crippen LogP contribution in [-0.2, 0) is 12.8 Å². The second-order valence-corrected chi connectivity index (χ2v) is 7.58. The summed E-state index contributed by atoms with van der Waals surface area (Å²) in [7, 11) is 0. The molecule has 0 aliphatic carbocycles. The molecule has 154 valence electrons. The number of ether oxygens (including phenoxy) is 2. The summed E-state index contributed by atoms with van der Waals surface area (Å²) < 4.78 is 17.3. The molecule has 30 heavy (non-hydrogen) atoms. The van der Waals surface area contributed by atoms with Crippen molar-refractivity contribution in [2.24, 2.45) is 0 Å². The van der Waals surface area contributed by atoms with Gasteiger partial charge in [0.05, 0.1) is 22.4 Å². The van der Waals surface area contributed by atoms with E-state index in [-0.39, 0.29) is 17.9 Å². The van der Waals surface area contributed by atoms with Crippen molar-refractivity contribution in [1.82, 2.24) is 0 Å². The number of aliphatic hydroxyl groups excluding tert-OH is 2. The van der Waals surface area contributed by atoms with Crippen LogP contribution in [0.3, 0.4) is 0 Å². The zero-order chi connectivity index (χ0) is 21.0. The van der Waals surface area contributed by atoms with Crippen LogP contribution in [0.15, 0.2) is 51.2 Å². The fourth-order valence-corrected chi connectivity index (χ4v) is 4.47. The topological polar surface area (TPSA) is 89.1 Å². The summed E-state index contributed by atoms with van der Waals surface area (Å²) in [6.07, 6.45) is 0.135. The number of rotatable bonds is 3. The largest absolute Gasteiger partial charge is 0.507 e. The molecule has 2 aliphatic rings. The minimum absolute atomic E-state index is 0.00820. The van der Waals surface area contributed by atoms with Crippen LogP contribution >= 0.6 is 0 Å². The minimum Gasteiger partial charge on any atom is -0.507 e. The van der Waals surface area contributed by atoms with Gasteiger partial charge in [-0.2, -0.15) is 0 Å². The molecule has 0 bridgehead atoms. The van der Waals surface area contributed by atoms with Gasteiger partial charge in [0, 0.05) is 5.57 Å². The van der Waals surface area contributed by atoms with Crippen LogP contribution in [0, 0.1) is 0 Å². The van der Waals surface area contributed by atoms with Crippen molar-refractivity contribution in [3.63, 3.8) is 0 Å². The van der Waals surface area contributed by atoms with Crippen LogP contribution in [0.5, 0.6) is 11.5 Å². The molecule has 2 aliphatic heterocycles. The van der Waals surface area contributed by atoms with Crippen LogP contribution in [0.4, 0.5) is 0 Å². The lowest BCUT2D eigenvalue weighted by atomic mass is 9.88. The van der Waals surface area contributed by atoms with Gasteiger partial charge in [-0.05, 0) is 36.1 Å². The first-order valence-electron chi connectivity index (χ1n) is 10.2. The van der Waals surface area contributed by atoms with Crippen molar-refractivity contribution >= 4 is 16.7 Å². The van der Waals surface area contributed by atoms with Crippen LogP contribution in [0.25, 0.3) is 16.7 Å². The van der Waals surface area contributed by atoms with E-state index >= 15 is 0 Å². The molecular weight excluding hydrogens is 384 g/mol. The molecule has 0 radical (unpaired) electrons. The van der Waals surface area contributed by atoms with Crippen molar-refractivity contribution in [2.75, 3.05) is 6.61 Å². The predicted molar refractivity (Wildman–Crippen MR) is 112 cm³/mol. The Bertz CT molecular complexity index is 1250. The Hall–Kier alpha value is -3.25. The summed E-state index contributed by atoms with van der Waals surface area (Å²) in [5.41, 5.74) is 2.93. The molecule has 2 atom stereocenters. The lowest BCUT2D eigenvalue weighted by Gasteiger charge is -2.26. The first-order chi connectivity index (χ1) is 14.5. The van der Waals surface area contributed by atoms with Gasteiger partial charge in [0.25, 0.3) is 0 Å². The van der Waals surface area contributed by atoms with Crippen LogP contribution in [0.1, 0.15) is 42.0 Å². The van der Waals surface area contributed by atoms with E-state index in [4.69, 9.17) is 13.9 Å². The van der Waals surface area contributed by atoms with E-state index in [9.17, 15) is 15.0 Å². The highest BCUT2D eigenvalue weighted by Gasteiger charge is 2.43. The molecule has 0 saturated carbocycles. The first-order valence-corrected chi connectivity index (χ1v) is 10.2. The Labute approximate surface area is 173 Å². The molecule has 0 fully saturated rings. The lowest BCUT2D eigenvalue weighted by Crippen LogP contribution is -2.27. The van der Waals surface area contributed by atoms with Crippen LogP contribution in [0.2, 0.25) is 0 Å². The third kappa shape index (κ3) is 2.57. The second-order valence-electron chi connectivity index (χ2n) is 7.58. The van der Waals surface area contributed by atoms with Gasteiger partial charge in [-0.1, -0.05) is 38.1 Å². The summed E-state index contributed by atoms with van der Waals surface area (Å²) in [6.45, 7) is 4.04. The number of aryl methyl sites for hydroxylation is 2. The van der Waals surface area contributed by atoms with E-state index in [1.54, 1.807) is 12.1 Å². The Morgan fingerprint density at radius 1 is 1.03 bits per heavy atom. The normalized spacial score (nSPS) is 20.0. The monoisotopic (exact) mass is 406 g/mol. The van der Waals surface area contributed by atoms with Gasteiger partial charge in [-0.15, -0.1) is 0 Å². The molecule has 3 heterocycles. The van der Waals surface area contributed by atoms with Crippen molar-refractivity contribution in [3.05, 3.63) is 74.6 Å². The summed E-state index contributed by atoms with van der Waals surface area (Å²) >= 11 is 0. The lowest BCUT2D eigenvalue weighted by molar-refractivity contribution is -0.0116. The van der Waals surface area contributed by atoms with E-state index in [1.807, 2.05) is 38.1 Å². The molecule has 2 aromatic carbocycles. The predicted octanol–water partition coefficient (Wildman–Crippen LogP) is 4.07. The van der Waals surface area contributed by atoms with Gasteiger partial charge < -0.3 is 24.1 Å². The molecule has 0 spiro atoms. The molecule has 2 N–H and O–H groups in total. The fourth-order valence-electron chi connectivity index (χ4n) is 4.47. The van der Waals surface area contributed by atoms with E-state index < -0.39 is 17.8 Å². The molecule has 1 aromatic heterocycles. The van der Waals surface area contributed by atoms with Crippen molar-refractivity contribution in [1.29, 1.82) is 0 Å². The standard InChI is InChI=1S/C24H22O6/c1-3-12-7-5-9-14-19(25)16(11-28-20(12)14)17-18-22(30-23(17)26)15-10-6-8-13(4-2)21(15)29-24(18)27/h5-10,17,23,25-26H,3-4,11H2,1-2H3. The molecule has 2 unspecified atom stereocenters. The van der Waals surface area contributed by atoms with Crippen LogP contribution < -0.4 is 15.1 Å². The SMILES string of the molecule is CCc1cccc2c1OCC(C1c3c(c4cccc(CC)c4oc3=O)OC1O)=C2O. The van der Waals surface area contributed by atoms with Gasteiger partial charge in [0.1, 0.15) is 29.4 Å². The molecule has 0 saturated heterocycles. The summed E-state index contributed by atoms with van der Waals surface area (Å²) in [4.78, 5) is 12.9. The zero-order valence-corrected chi connectivity index (χ0v) is 16.8. The molecular formula is C24H22O6. The quantitative estimate of drug-likeness (QED) is 0.638. The van der Waals surface area contributed by atoms with Crippen molar-refractivity contribution in [3.8, 4) is 11.5 Å². The number of hydrogen-bond donors (Lipinski definition) is 2. The maximum absolute atomic E-state index is 12.9. The molecule has 0 amide bonds. The zero-order valence-electron chi connectivity index (χ0n) is 16.8. The smallest absolute Gasteiger partial charge is 0.344 e. The van der Waals surface area contributed by atoms with E-state index in [0.29, 0.717) is 40.0 Å². The number of aliphatic hydroxyl groups is 2. The van der Waals surface area contributed by atoms with Gasteiger partial charge in [0.2, 0.25) is 6.29 Å². The average Bonchev–Trinajstić information content (AvgIpc) is 3.11. The Morgan fingerprint density at radius 3 is 2.53 bits per heavy atom. The highest BCUT2D eigenvalue weighted by Crippen LogP contribution is 2.47. The molecule has 3 aromatic rings. The molecule has 5 rings (SSSR count). The van der Waals surface area contributed by atoms with Gasteiger partial charge in [0.15, 0.2) is 0 Å². The maximum Gasteiger partial charge on any atom is 0.344 e. The number of benzene rings is 2. The fraction of sp³-hybridized carbons (Fsp3) is 0.292. The number of fused-ring (bicyclic) bond motifs is 4. The average molecular weight is 406 g/mol. The third-order valence-electron chi connectivity index (χ3n) is 6.00. The van der Waals surface area contributed by atoms with E-state index in [0.717, 1.165) is 17.5 Å². The first kappa shape index (κ1) is 18.8. The number of hydrogen-bond acceptors (Lipinski definition) is 6. The Morgan fingerprint density at radius 2 is 1.77 bits per heavy atom. The van der Waals surface area contributed by atoms with Crippen molar-refractivity contribution in [2.45, 2.75) is 38.9 Å². The third-order valence-corrected chi connectivity index (χ3v) is 6.00. The molecule has 6 nitrogen and oxygen atoms in total.